The summed E-state index contributed by atoms with van der Waals surface area (Å²) in [6.07, 6.45) is 6.01. The summed E-state index contributed by atoms with van der Waals surface area (Å²) in [5.74, 6) is 1.43. The zero-order chi connectivity index (χ0) is 28.7. The van der Waals surface area contributed by atoms with Crippen LogP contribution in [0.4, 0.5) is 23.1 Å². The Kier molecular flexibility index (Phi) is 6.89. The van der Waals surface area contributed by atoms with Crippen LogP contribution in [0, 0.1) is 0 Å². The van der Waals surface area contributed by atoms with Crippen molar-refractivity contribution in [3.05, 3.63) is 72.3 Å². The highest BCUT2D eigenvalue weighted by Gasteiger charge is 2.24. The Labute approximate surface area is 238 Å². The number of H-pyrrole nitrogens is 1. The van der Waals surface area contributed by atoms with Gasteiger partial charge in [0.2, 0.25) is 16.0 Å². The molecule has 0 fully saturated rings. The number of methoxy groups -OCH3 is 1. The van der Waals surface area contributed by atoms with Gasteiger partial charge in [0.25, 0.3) is 0 Å². The van der Waals surface area contributed by atoms with Gasteiger partial charge in [0, 0.05) is 44.5 Å². The maximum absolute atomic E-state index is 13.1. The molecule has 0 radical (unpaired) electrons. The van der Waals surface area contributed by atoms with Gasteiger partial charge in [-0.05, 0) is 54.9 Å². The van der Waals surface area contributed by atoms with Crippen LogP contribution < -0.4 is 15.4 Å². The number of nitrogens with one attached hydrogen (secondary N) is 3. The Balaban J connectivity index is 1.48. The number of rotatable bonds is 8. The Morgan fingerprint density at radius 2 is 1.90 bits per heavy atom. The summed E-state index contributed by atoms with van der Waals surface area (Å²) >= 11 is 0. The van der Waals surface area contributed by atoms with Gasteiger partial charge in [-0.1, -0.05) is 12.1 Å². The van der Waals surface area contributed by atoms with E-state index in [1.54, 1.807) is 43.9 Å². The first kappa shape index (κ1) is 26.8. The third kappa shape index (κ3) is 5.01. The topological polar surface area (TPSA) is 129 Å². The van der Waals surface area contributed by atoms with E-state index < -0.39 is 10.0 Å². The smallest absolute Gasteiger partial charge is 0.244 e. The van der Waals surface area contributed by atoms with Gasteiger partial charge in [0.1, 0.15) is 22.1 Å². The number of aromatic nitrogens is 3. The van der Waals surface area contributed by atoms with Crippen molar-refractivity contribution in [3.63, 3.8) is 0 Å². The average molecular weight is 574 g/mol. The predicted octanol–water partition coefficient (Wildman–Crippen LogP) is 4.95. The van der Waals surface area contributed by atoms with Crippen molar-refractivity contribution in [3.8, 4) is 16.9 Å². The number of ether oxygens (including phenoxy) is 1. The van der Waals surface area contributed by atoms with E-state index in [4.69, 9.17) is 19.1 Å². The van der Waals surface area contributed by atoms with Crippen LogP contribution in [-0.2, 0) is 23.0 Å². The van der Waals surface area contributed by atoms with Crippen LogP contribution >= 0.6 is 0 Å². The summed E-state index contributed by atoms with van der Waals surface area (Å²) in [6, 6.07) is 12.7. The molecule has 0 aliphatic carbocycles. The average Bonchev–Trinajstić information content (AvgIpc) is 3.63. The summed E-state index contributed by atoms with van der Waals surface area (Å²) < 4.78 is 38.5. The third-order valence-electron chi connectivity index (χ3n) is 7.23. The number of para-hydroxylation sites is 1. The van der Waals surface area contributed by atoms with Crippen molar-refractivity contribution in [2.45, 2.75) is 17.9 Å². The van der Waals surface area contributed by atoms with Crippen molar-refractivity contribution in [2.24, 2.45) is 0 Å². The molecule has 212 valence electrons. The summed E-state index contributed by atoms with van der Waals surface area (Å²) in [6.45, 7) is 1.83. The number of likely N-dealkylation sites (N-methyl/N-ethyl adjacent to an activating group) is 1. The van der Waals surface area contributed by atoms with Gasteiger partial charge >= 0.3 is 0 Å². The highest BCUT2D eigenvalue weighted by atomic mass is 32.2. The minimum absolute atomic E-state index is 0.132. The van der Waals surface area contributed by atoms with Gasteiger partial charge in [-0.3, -0.25) is 0 Å². The van der Waals surface area contributed by atoms with Crippen molar-refractivity contribution in [2.75, 3.05) is 45.4 Å². The standard InChI is InChI=1S/C29H31N7O4S/c1-35(2)41(37,38)25-8-6-5-7-22(25)31-28-26-21(19-10-12-40-17-19)15-30-27(26)33-29(34-28)32-23-13-20-16-36(3)11-9-18(20)14-24(23)39-4/h5-8,10,12-15,17H,9,11,16H2,1-4H3,(H3,30,31,32,33,34). The molecule has 5 aromatic rings. The lowest BCUT2D eigenvalue weighted by Gasteiger charge is -2.26. The van der Waals surface area contributed by atoms with Crippen LogP contribution in [0.3, 0.4) is 0 Å². The second-order valence-electron chi connectivity index (χ2n) is 10.2. The van der Waals surface area contributed by atoms with Crippen LogP contribution in [0.1, 0.15) is 11.1 Å². The number of benzene rings is 2. The Morgan fingerprint density at radius 1 is 1.07 bits per heavy atom. The van der Waals surface area contributed by atoms with E-state index in [0.717, 1.165) is 36.3 Å². The van der Waals surface area contributed by atoms with Gasteiger partial charge in [0.15, 0.2) is 0 Å². The summed E-state index contributed by atoms with van der Waals surface area (Å²) in [5, 5.41) is 7.32. The quantitative estimate of drug-likeness (QED) is 0.236. The molecule has 41 heavy (non-hydrogen) atoms. The maximum Gasteiger partial charge on any atom is 0.244 e. The number of hydrogen-bond acceptors (Lipinski definition) is 9. The van der Waals surface area contributed by atoms with E-state index in [1.807, 2.05) is 12.3 Å². The lowest BCUT2D eigenvalue weighted by Crippen LogP contribution is -2.26. The molecule has 0 amide bonds. The molecule has 0 saturated heterocycles. The van der Waals surface area contributed by atoms with Gasteiger partial charge < -0.3 is 29.7 Å². The number of sulfonamides is 1. The Morgan fingerprint density at radius 3 is 2.66 bits per heavy atom. The van der Waals surface area contributed by atoms with E-state index in [2.05, 4.69) is 39.7 Å². The van der Waals surface area contributed by atoms with Crippen LogP contribution in [0.5, 0.6) is 5.75 Å². The van der Waals surface area contributed by atoms with Gasteiger partial charge in [-0.15, -0.1) is 0 Å². The normalized spacial score (nSPS) is 13.9. The molecular weight excluding hydrogens is 542 g/mol. The van der Waals surface area contributed by atoms with Gasteiger partial charge in [-0.2, -0.15) is 9.97 Å². The lowest BCUT2D eigenvalue weighted by atomic mass is 9.99. The van der Waals surface area contributed by atoms with Crippen LogP contribution in [-0.4, -0.2) is 67.4 Å². The zero-order valence-electron chi connectivity index (χ0n) is 23.2. The maximum atomic E-state index is 13.1. The lowest BCUT2D eigenvalue weighted by molar-refractivity contribution is 0.312. The molecule has 0 saturated carbocycles. The predicted molar refractivity (Wildman–Crippen MR) is 159 cm³/mol. The largest absolute Gasteiger partial charge is 0.495 e. The molecule has 0 atom stereocenters. The van der Waals surface area contributed by atoms with E-state index in [1.165, 1.54) is 29.5 Å². The first-order valence-electron chi connectivity index (χ1n) is 13.1. The minimum atomic E-state index is -3.73. The van der Waals surface area contributed by atoms with Gasteiger partial charge in [-0.25, -0.2) is 12.7 Å². The van der Waals surface area contributed by atoms with Crippen molar-refractivity contribution in [1.29, 1.82) is 0 Å². The molecule has 1 aliphatic rings. The molecule has 12 heteroatoms. The number of hydrogen-bond donors (Lipinski definition) is 3. The van der Waals surface area contributed by atoms with Crippen LogP contribution in [0.15, 0.2) is 70.5 Å². The molecule has 3 N–H and O–H groups in total. The molecule has 11 nitrogen and oxygen atoms in total. The first-order valence-corrected chi connectivity index (χ1v) is 14.5. The highest BCUT2D eigenvalue weighted by molar-refractivity contribution is 7.89. The number of fused-ring (bicyclic) bond motifs is 2. The third-order valence-corrected chi connectivity index (χ3v) is 9.11. The Hall–Kier alpha value is -4.39. The first-order chi connectivity index (χ1) is 19.7. The molecule has 0 spiro atoms. The fraction of sp³-hybridized carbons (Fsp3) is 0.241. The fourth-order valence-electron chi connectivity index (χ4n) is 5.06. The summed E-state index contributed by atoms with van der Waals surface area (Å²) in [4.78, 5) is 15.3. The summed E-state index contributed by atoms with van der Waals surface area (Å²) in [5.41, 5.74) is 5.81. The number of furan rings is 1. The van der Waals surface area contributed by atoms with Crippen molar-refractivity contribution in [1.82, 2.24) is 24.2 Å². The molecule has 1 aliphatic heterocycles. The molecule has 2 aromatic carbocycles. The van der Waals surface area contributed by atoms with Crippen molar-refractivity contribution < 1.29 is 17.6 Å². The van der Waals surface area contributed by atoms with Crippen LogP contribution in [0.25, 0.3) is 22.2 Å². The summed E-state index contributed by atoms with van der Waals surface area (Å²) in [7, 11) is 3.02. The number of anilines is 4. The molecule has 6 rings (SSSR count). The molecule has 3 aromatic heterocycles. The zero-order valence-corrected chi connectivity index (χ0v) is 24.0. The van der Waals surface area contributed by atoms with E-state index in [-0.39, 0.29) is 4.90 Å². The van der Waals surface area contributed by atoms with E-state index in [9.17, 15) is 8.42 Å². The Bertz CT molecular complexity index is 1830. The van der Waals surface area contributed by atoms with Gasteiger partial charge in [0.05, 0.1) is 36.4 Å². The van der Waals surface area contributed by atoms with Crippen LogP contribution in [0.2, 0.25) is 0 Å². The second-order valence-corrected chi connectivity index (χ2v) is 12.3. The highest BCUT2D eigenvalue weighted by Crippen LogP contribution is 2.38. The fourth-order valence-corrected chi connectivity index (χ4v) is 6.10. The second kappa shape index (κ2) is 10.5. The number of nitrogens with zero attached hydrogens (tertiary/aromatic N) is 4. The van der Waals surface area contributed by atoms with Crippen molar-refractivity contribution >= 4 is 44.2 Å². The monoisotopic (exact) mass is 573 g/mol. The molecule has 4 heterocycles. The SMILES string of the molecule is COc1cc2c(cc1Nc1nc(Nc3ccccc3S(=O)(=O)N(C)C)c3c(-c4ccoc4)c[nH]c3n1)CN(C)CC2. The molecular formula is C29H31N7O4S. The minimum Gasteiger partial charge on any atom is -0.495 e. The molecule has 0 bridgehead atoms. The number of aromatic amines is 1. The van der Waals surface area contributed by atoms with E-state index in [0.29, 0.717) is 34.2 Å². The molecule has 0 unspecified atom stereocenters. The van der Waals surface area contributed by atoms with E-state index >= 15 is 0 Å².